The number of carbonyl (C=O) groups excluding carboxylic acids is 2. The molecule has 0 saturated heterocycles. The van der Waals surface area contributed by atoms with Gasteiger partial charge in [0.2, 0.25) is 0 Å². The Morgan fingerprint density at radius 2 is 1.93 bits per heavy atom. The molecule has 0 aromatic rings. The van der Waals surface area contributed by atoms with Gasteiger partial charge in [0, 0.05) is 19.3 Å². The Hall–Kier alpha value is -1.38. The van der Waals surface area contributed by atoms with Crippen molar-refractivity contribution in [3.8, 4) is 0 Å². The predicted molar refractivity (Wildman–Crippen MR) is 106 cm³/mol. The fourth-order valence-corrected chi connectivity index (χ4v) is 7.30. The van der Waals surface area contributed by atoms with E-state index in [1.165, 1.54) is 44.5 Å². The second kappa shape index (κ2) is 6.60. The van der Waals surface area contributed by atoms with Crippen LogP contribution >= 0.6 is 0 Å². The number of allylic oxidation sites excluding steroid dienone is 3. The SMILES string of the molecule is CC(=O)OC1CC[C@@]2(C)C(=CC=C3[C@@H]4CC[C@H](C(C)C=O)[C@@]4(C)CC[C@@H]32)C1. The molecule has 0 amide bonds. The van der Waals surface area contributed by atoms with Gasteiger partial charge in [-0.1, -0.05) is 44.1 Å². The van der Waals surface area contributed by atoms with Gasteiger partial charge < -0.3 is 9.53 Å². The minimum Gasteiger partial charge on any atom is -0.462 e. The molecule has 0 aromatic heterocycles. The number of ether oxygens (including phenoxy) is 1. The molecule has 0 heterocycles. The van der Waals surface area contributed by atoms with Crippen molar-refractivity contribution < 1.29 is 14.3 Å². The zero-order valence-corrected chi connectivity index (χ0v) is 17.3. The fraction of sp³-hybridized carbons (Fsp3) is 0.750. The molecule has 0 aromatic carbocycles. The van der Waals surface area contributed by atoms with Gasteiger partial charge in [0.15, 0.2) is 0 Å². The first kappa shape index (κ1) is 19.0. The third-order valence-electron chi connectivity index (χ3n) is 8.78. The maximum absolute atomic E-state index is 11.5. The maximum Gasteiger partial charge on any atom is 0.302 e. The molecule has 4 aliphatic carbocycles. The Kier molecular flexibility index (Phi) is 4.63. The lowest BCUT2D eigenvalue weighted by Gasteiger charge is -2.55. The number of carbonyl (C=O) groups is 2. The maximum atomic E-state index is 11.5. The lowest BCUT2D eigenvalue weighted by atomic mass is 9.50. The van der Waals surface area contributed by atoms with E-state index in [0.717, 1.165) is 19.3 Å². The molecule has 3 fully saturated rings. The molecule has 3 heteroatoms. The normalized spacial score (nSPS) is 44.1. The molecule has 0 spiro atoms. The highest BCUT2D eigenvalue weighted by atomic mass is 16.5. The van der Waals surface area contributed by atoms with Gasteiger partial charge >= 0.3 is 5.97 Å². The molecule has 4 rings (SSSR count). The average Bonchev–Trinajstić information content (AvgIpc) is 2.98. The van der Waals surface area contributed by atoms with Crippen LogP contribution in [0, 0.1) is 34.5 Å². The van der Waals surface area contributed by atoms with Crippen LogP contribution in [0.3, 0.4) is 0 Å². The van der Waals surface area contributed by atoms with Crippen molar-refractivity contribution in [3.05, 3.63) is 23.3 Å². The van der Waals surface area contributed by atoms with Crippen LogP contribution in [0.25, 0.3) is 0 Å². The summed E-state index contributed by atoms with van der Waals surface area (Å²) in [5, 5.41) is 0. The minimum absolute atomic E-state index is 0.0509. The second-order valence-electron chi connectivity index (χ2n) is 10.1. The second-order valence-corrected chi connectivity index (χ2v) is 10.1. The molecule has 27 heavy (non-hydrogen) atoms. The summed E-state index contributed by atoms with van der Waals surface area (Å²) in [6.45, 7) is 8.53. The van der Waals surface area contributed by atoms with Gasteiger partial charge in [0.25, 0.3) is 0 Å². The molecule has 7 atom stereocenters. The summed E-state index contributed by atoms with van der Waals surface area (Å²) in [7, 11) is 0. The smallest absolute Gasteiger partial charge is 0.302 e. The van der Waals surface area contributed by atoms with Crippen molar-refractivity contribution in [3.63, 3.8) is 0 Å². The molecule has 2 unspecified atom stereocenters. The van der Waals surface area contributed by atoms with E-state index in [1.54, 1.807) is 5.57 Å². The largest absolute Gasteiger partial charge is 0.462 e. The third kappa shape index (κ3) is 2.84. The summed E-state index contributed by atoms with van der Waals surface area (Å²) < 4.78 is 5.53. The minimum atomic E-state index is -0.161. The summed E-state index contributed by atoms with van der Waals surface area (Å²) in [6, 6.07) is 0. The lowest BCUT2D eigenvalue weighted by molar-refractivity contribution is -0.148. The van der Waals surface area contributed by atoms with Crippen molar-refractivity contribution in [2.24, 2.45) is 34.5 Å². The van der Waals surface area contributed by atoms with E-state index < -0.39 is 0 Å². The van der Waals surface area contributed by atoms with Crippen LogP contribution < -0.4 is 0 Å². The predicted octanol–water partition coefficient (Wildman–Crippen LogP) is 5.25. The summed E-state index contributed by atoms with van der Waals surface area (Å²) >= 11 is 0. The van der Waals surface area contributed by atoms with Gasteiger partial charge in [0.1, 0.15) is 12.4 Å². The fourth-order valence-electron chi connectivity index (χ4n) is 7.30. The Morgan fingerprint density at radius 1 is 1.15 bits per heavy atom. The zero-order chi connectivity index (χ0) is 19.4. The highest BCUT2D eigenvalue weighted by Crippen LogP contribution is 2.65. The van der Waals surface area contributed by atoms with Gasteiger partial charge in [-0.15, -0.1) is 0 Å². The van der Waals surface area contributed by atoms with E-state index in [4.69, 9.17) is 4.74 Å². The van der Waals surface area contributed by atoms with Crippen molar-refractivity contribution in [2.45, 2.75) is 78.7 Å². The van der Waals surface area contributed by atoms with Crippen LogP contribution in [0.2, 0.25) is 0 Å². The van der Waals surface area contributed by atoms with Gasteiger partial charge in [-0.3, -0.25) is 4.79 Å². The Labute approximate surface area is 163 Å². The number of esters is 1. The molecule has 4 aliphatic rings. The summed E-state index contributed by atoms with van der Waals surface area (Å²) in [6.07, 6.45) is 13.8. The number of hydrogen-bond donors (Lipinski definition) is 0. The standard InChI is InChI=1S/C24H34O3/c1-15(14-25)20-7-8-21-19-6-5-17-13-18(27-16(2)26)9-11-23(17,3)22(19)10-12-24(20,21)4/h5-6,14-15,18,20-22H,7-13H2,1-4H3/t15?,18?,20-,21+,22+,23+,24-/m1/s1. The monoisotopic (exact) mass is 370 g/mol. The van der Waals surface area contributed by atoms with Crippen LogP contribution in [0.4, 0.5) is 0 Å². The number of rotatable bonds is 3. The number of aldehydes is 1. The van der Waals surface area contributed by atoms with Crippen LogP contribution in [-0.2, 0) is 14.3 Å². The number of hydrogen-bond acceptors (Lipinski definition) is 3. The van der Waals surface area contributed by atoms with Crippen LogP contribution in [-0.4, -0.2) is 18.4 Å². The topological polar surface area (TPSA) is 43.4 Å². The Balaban J connectivity index is 1.62. The first-order valence-electron chi connectivity index (χ1n) is 10.8. The van der Waals surface area contributed by atoms with Crippen LogP contribution in [0.1, 0.15) is 72.6 Å². The molecule has 0 radical (unpaired) electrons. The molecule has 0 aliphatic heterocycles. The molecular weight excluding hydrogens is 336 g/mol. The van der Waals surface area contributed by atoms with Crippen LogP contribution in [0.15, 0.2) is 23.3 Å². The number of fused-ring (bicyclic) bond motifs is 5. The van der Waals surface area contributed by atoms with Crippen molar-refractivity contribution in [1.29, 1.82) is 0 Å². The lowest BCUT2D eigenvalue weighted by Crippen LogP contribution is -2.47. The zero-order valence-electron chi connectivity index (χ0n) is 17.3. The van der Waals surface area contributed by atoms with Gasteiger partial charge in [-0.25, -0.2) is 0 Å². The summed E-state index contributed by atoms with van der Waals surface area (Å²) in [4.78, 5) is 22.8. The summed E-state index contributed by atoms with van der Waals surface area (Å²) in [5.74, 6) is 1.79. The van der Waals surface area contributed by atoms with Crippen molar-refractivity contribution in [1.82, 2.24) is 0 Å². The highest BCUT2D eigenvalue weighted by Gasteiger charge is 2.57. The molecule has 148 valence electrons. The molecule has 3 nitrogen and oxygen atoms in total. The van der Waals surface area contributed by atoms with E-state index in [1.807, 2.05) is 0 Å². The highest BCUT2D eigenvalue weighted by molar-refractivity contribution is 5.66. The average molecular weight is 371 g/mol. The molecule has 3 saturated carbocycles. The van der Waals surface area contributed by atoms with Gasteiger partial charge in [0.05, 0.1) is 0 Å². The van der Waals surface area contributed by atoms with Crippen molar-refractivity contribution >= 4 is 12.3 Å². The quantitative estimate of drug-likeness (QED) is 0.503. The first-order chi connectivity index (χ1) is 12.8. The van der Waals surface area contributed by atoms with E-state index >= 15 is 0 Å². The van der Waals surface area contributed by atoms with Crippen molar-refractivity contribution in [2.75, 3.05) is 0 Å². The Bertz CT molecular complexity index is 704. The third-order valence-corrected chi connectivity index (χ3v) is 8.78. The summed E-state index contributed by atoms with van der Waals surface area (Å²) in [5.41, 5.74) is 3.63. The molecule has 0 N–H and O–H groups in total. The van der Waals surface area contributed by atoms with Gasteiger partial charge in [-0.2, -0.15) is 0 Å². The van der Waals surface area contributed by atoms with Gasteiger partial charge in [-0.05, 0) is 67.1 Å². The van der Waals surface area contributed by atoms with E-state index in [-0.39, 0.29) is 28.8 Å². The first-order valence-corrected chi connectivity index (χ1v) is 10.8. The Morgan fingerprint density at radius 3 is 2.63 bits per heavy atom. The molecule has 0 bridgehead atoms. The van der Waals surface area contributed by atoms with E-state index in [0.29, 0.717) is 17.8 Å². The van der Waals surface area contributed by atoms with E-state index in [2.05, 4.69) is 32.9 Å². The molecular formula is C24H34O3. The van der Waals surface area contributed by atoms with E-state index in [9.17, 15) is 9.59 Å². The van der Waals surface area contributed by atoms with Crippen LogP contribution in [0.5, 0.6) is 0 Å².